The molecule has 0 saturated heterocycles. The van der Waals surface area contributed by atoms with Crippen molar-refractivity contribution in [2.75, 3.05) is 20.8 Å². The minimum absolute atomic E-state index is 0.0940. The molecular weight excluding hydrogens is 444 g/mol. The normalized spacial score (nSPS) is 14.6. The zero-order valence-corrected chi connectivity index (χ0v) is 21.3. The second-order valence-electron chi connectivity index (χ2n) is 9.12. The third-order valence-corrected chi connectivity index (χ3v) is 6.46. The van der Waals surface area contributed by atoms with Gasteiger partial charge in [-0.1, -0.05) is 56.0 Å². The molecule has 1 fully saturated rings. The van der Waals surface area contributed by atoms with Gasteiger partial charge in [-0.2, -0.15) is 0 Å². The molecule has 1 N–H and O–H groups in total. The minimum Gasteiger partial charge on any atom is -0.496 e. The van der Waals surface area contributed by atoms with Crippen LogP contribution in [0.2, 0.25) is 0 Å². The number of benzene rings is 2. The van der Waals surface area contributed by atoms with E-state index in [0.717, 1.165) is 36.8 Å². The lowest BCUT2D eigenvalue weighted by Crippen LogP contribution is -2.52. The maximum Gasteiger partial charge on any atom is 0.261 e. The van der Waals surface area contributed by atoms with Crippen LogP contribution in [0.15, 0.2) is 42.5 Å². The van der Waals surface area contributed by atoms with Crippen LogP contribution in [-0.2, 0) is 16.1 Å². The summed E-state index contributed by atoms with van der Waals surface area (Å²) in [5.74, 6) is 1.26. The Kier molecular flexibility index (Phi) is 9.82. The molecule has 0 aromatic heterocycles. The van der Waals surface area contributed by atoms with Gasteiger partial charge in [-0.25, -0.2) is 0 Å². The molecule has 2 amide bonds. The highest BCUT2D eigenvalue weighted by atomic mass is 16.5. The summed E-state index contributed by atoms with van der Waals surface area (Å²) in [5, 5.41) is 3.20. The molecule has 0 radical (unpaired) electrons. The summed E-state index contributed by atoms with van der Waals surface area (Å²) in [6.07, 6.45) is 5.98. The van der Waals surface area contributed by atoms with Gasteiger partial charge in [0.05, 0.1) is 14.2 Å². The Morgan fingerprint density at radius 3 is 2.26 bits per heavy atom. The van der Waals surface area contributed by atoms with Gasteiger partial charge in [-0.05, 0) is 31.7 Å². The quantitative estimate of drug-likeness (QED) is 0.505. The molecule has 7 heteroatoms. The van der Waals surface area contributed by atoms with Crippen molar-refractivity contribution in [2.24, 2.45) is 0 Å². The Bertz CT molecular complexity index is 965. The lowest BCUT2D eigenvalue weighted by molar-refractivity contribution is -0.143. The largest absolute Gasteiger partial charge is 0.496 e. The summed E-state index contributed by atoms with van der Waals surface area (Å²) >= 11 is 0. The molecule has 2 aromatic rings. The lowest BCUT2D eigenvalue weighted by Gasteiger charge is -2.32. The maximum atomic E-state index is 13.5. The number of amides is 2. The Hall–Kier alpha value is -3.22. The molecule has 1 aliphatic carbocycles. The van der Waals surface area contributed by atoms with Gasteiger partial charge in [0.2, 0.25) is 5.91 Å². The summed E-state index contributed by atoms with van der Waals surface area (Å²) in [6, 6.07) is 12.8. The number of methoxy groups -OCH3 is 2. The van der Waals surface area contributed by atoms with Crippen LogP contribution in [0.4, 0.5) is 0 Å². The van der Waals surface area contributed by atoms with E-state index in [4.69, 9.17) is 14.2 Å². The first-order chi connectivity index (χ1) is 16.9. The molecule has 1 atom stereocenters. The van der Waals surface area contributed by atoms with Gasteiger partial charge >= 0.3 is 0 Å². The molecule has 0 spiro atoms. The van der Waals surface area contributed by atoms with Gasteiger partial charge in [0.25, 0.3) is 5.91 Å². The molecule has 2 aromatic carbocycles. The van der Waals surface area contributed by atoms with Crippen molar-refractivity contribution in [1.82, 2.24) is 10.2 Å². The summed E-state index contributed by atoms with van der Waals surface area (Å²) in [6.45, 7) is 4.09. The van der Waals surface area contributed by atoms with E-state index in [-0.39, 0.29) is 24.5 Å². The molecule has 1 unspecified atom stereocenters. The zero-order valence-electron chi connectivity index (χ0n) is 21.3. The fourth-order valence-corrected chi connectivity index (χ4v) is 4.56. The average molecular weight is 483 g/mol. The topological polar surface area (TPSA) is 77.1 Å². The van der Waals surface area contributed by atoms with Crippen LogP contribution < -0.4 is 19.5 Å². The maximum absolute atomic E-state index is 13.5. The number of nitrogens with zero attached hydrogens (tertiary/aromatic N) is 1. The summed E-state index contributed by atoms with van der Waals surface area (Å²) in [4.78, 5) is 28.4. The number of hydrogen-bond acceptors (Lipinski definition) is 5. The fraction of sp³-hybridized carbons (Fsp3) is 0.500. The van der Waals surface area contributed by atoms with Crippen molar-refractivity contribution in [1.29, 1.82) is 0 Å². The second kappa shape index (κ2) is 13.0. The van der Waals surface area contributed by atoms with Gasteiger partial charge in [-0.15, -0.1) is 0 Å². The van der Waals surface area contributed by atoms with Crippen LogP contribution in [0.5, 0.6) is 17.2 Å². The molecule has 0 bridgehead atoms. The van der Waals surface area contributed by atoms with Crippen LogP contribution in [0.25, 0.3) is 0 Å². The van der Waals surface area contributed by atoms with Crippen LogP contribution in [0, 0.1) is 6.92 Å². The predicted molar refractivity (Wildman–Crippen MR) is 136 cm³/mol. The molecule has 1 saturated carbocycles. The highest BCUT2D eigenvalue weighted by Gasteiger charge is 2.30. The number of nitrogens with one attached hydrogen (secondary N) is 1. The second-order valence-corrected chi connectivity index (χ2v) is 9.12. The predicted octanol–water partition coefficient (Wildman–Crippen LogP) is 4.65. The molecule has 0 aliphatic heterocycles. The van der Waals surface area contributed by atoms with E-state index in [1.165, 1.54) is 6.42 Å². The van der Waals surface area contributed by atoms with Crippen molar-refractivity contribution in [2.45, 2.75) is 71.0 Å². The Labute approximate surface area is 208 Å². The molecule has 190 valence electrons. The van der Waals surface area contributed by atoms with E-state index in [2.05, 4.69) is 5.32 Å². The van der Waals surface area contributed by atoms with Gasteiger partial charge in [0.1, 0.15) is 23.3 Å². The van der Waals surface area contributed by atoms with E-state index in [0.29, 0.717) is 30.2 Å². The summed E-state index contributed by atoms with van der Waals surface area (Å²) in [5.41, 5.74) is 2.08. The molecule has 35 heavy (non-hydrogen) atoms. The van der Waals surface area contributed by atoms with E-state index in [9.17, 15) is 9.59 Å². The van der Waals surface area contributed by atoms with Crippen molar-refractivity contribution >= 4 is 11.8 Å². The lowest BCUT2D eigenvalue weighted by atomic mass is 9.95. The van der Waals surface area contributed by atoms with Crippen molar-refractivity contribution in [3.05, 3.63) is 53.6 Å². The number of rotatable bonds is 11. The van der Waals surface area contributed by atoms with Gasteiger partial charge < -0.3 is 24.4 Å². The minimum atomic E-state index is -0.576. The smallest absolute Gasteiger partial charge is 0.261 e. The van der Waals surface area contributed by atoms with E-state index in [1.807, 2.05) is 38.1 Å². The van der Waals surface area contributed by atoms with Crippen molar-refractivity contribution in [3.8, 4) is 17.2 Å². The summed E-state index contributed by atoms with van der Waals surface area (Å²) in [7, 11) is 3.12. The van der Waals surface area contributed by atoms with E-state index < -0.39 is 6.04 Å². The van der Waals surface area contributed by atoms with Crippen LogP contribution in [-0.4, -0.2) is 49.6 Å². The molecule has 7 nitrogen and oxygen atoms in total. The van der Waals surface area contributed by atoms with Crippen LogP contribution >= 0.6 is 0 Å². The third-order valence-electron chi connectivity index (χ3n) is 6.46. The van der Waals surface area contributed by atoms with Gasteiger partial charge in [-0.3, -0.25) is 9.59 Å². The zero-order chi connectivity index (χ0) is 25.2. The monoisotopic (exact) mass is 482 g/mol. The van der Waals surface area contributed by atoms with Gasteiger partial charge in [0.15, 0.2) is 6.61 Å². The number of aryl methyl sites for hydroxylation is 1. The standard InChI is InChI=1S/C28H38N2O5/c1-5-26(28(32)29-22-12-7-6-8-13-22)30(18-21-11-9-10-20(2)14-21)27(31)19-35-25-16-23(33-3)15-24(17-25)34-4/h9-11,14-17,22,26H,5-8,12-13,18-19H2,1-4H3,(H,29,32). The van der Waals surface area contributed by atoms with Crippen molar-refractivity contribution < 1.29 is 23.8 Å². The first-order valence-corrected chi connectivity index (χ1v) is 12.4. The van der Waals surface area contributed by atoms with Crippen LogP contribution in [0.3, 0.4) is 0 Å². The van der Waals surface area contributed by atoms with Gasteiger partial charge in [0, 0.05) is 30.8 Å². The molecule has 0 heterocycles. The molecular formula is C28H38N2O5. The first kappa shape index (κ1) is 26.4. The number of carbonyl (C=O) groups excluding carboxylic acids is 2. The average Bonchev–Trinajstić information content (AvgIpc) is 2.87. The number of carbonyl (C=O) groups is 2. The third kappa shape index (κ3) is 7.64. The highest BCUT2D eigenvalue weighted by Crippen LogP contribution is 2.27. The first-order valence-electron chi connectivity index (χ1n) is 12.4. The number of ether oxygens (including phenoxy) is 3. The summed E-state index contributed by atoms with van der Waals surface area (Å²) < 4.78 is 16.4. The molecule has 3 rings (SSSR count). The molecule has 1 aliphatic rings. The highest BCUT2D eigenvalue weighted by molar-refractivity contribution is 5.88. The van der Waals surface area contributed by atoms with Crippen LogP contribution in [0.1, 0.15) is 56.6 Å². The number of hydrogen-bond donors (Lipinski definition) is 1. The SMILES string of the molecule is CCC(C(=O)NC1CCCCC1)N(Cc1cccc(C)c1)C(=O)COc1cc(OC)cc(OC)c1. The van der Waals surface area contributed by atoms with E-state index in [1.54, 1.807) is 37.3 Å². The Morgan fingerprint density at radius 2 is 1.66 bits per heavy atom. The Balaban J connectivity index is 1.78. The van der Waals surface area contributed by atoms with Crippen molar-refractivity contribution in [3.63, 3.8) is 0 Å². The fourth-order valence-electron chi connectivity index (χ4n) is 4.56. The van der Waals surface area contributed by atoms with E-state index >= 15 is 0 Å². The Morgan fingerprint density at radius 1 is 1.00 bits per heavy atom.